The highest BCUT2D eigenvalue weighted by atomic mass is 16.7. The molecule has 0 aliphatic carbocycles. The van der Waals surface area contributed by atoms with Gasteiger partial charge in [0.2, 0.25) is 0 Å². The summed E-state index contributed by atoms with van der Waals surface area (Å²) < 4.78 is 5.34. The van der Waals surface area contributed by atoms with Gasteiger partial charge in [-0.05, 0) is 72.7 Å². The SMILES string of the molecule is COc1ccc(N(c2ccc(/C=C3\C(=O)ON=C3c3ccccc3)cc2)c2cccc(C)c2)cc1. The maximum atomic E-state index is 12.4. The van der Waals surface area contributed by atoms with Crippen LogP contribution in [0.15, 0.2) is 114 Å². The number of nitrogens with zero attached hydrogens (tertiary/aromatic N) is 2. The molecule has 172 valence electrons. The van der Waals surface area contributed by atoms with Crippen LogP contribution in [-0.2, 0) is 9.63 Å². The second kappa shape index (κ2) is 9.69. The molecule has 0 spiro atoms. The zero-order chi connectivity index (χ0) is 24.2. The van der Waals surface area contributed by atoms with Crippen LogP contribution in [0.4, 0.5) is 17.1 Å². The topological polar surface area (TPSA) is 51.1 Å². The van der Waals surface area contributed by atoms with Gasteiger partial charge in [0.1, 0.15) is 11.5 Å². The Morgan fingerprint density at radius 2 is 1.49 bits per heavy atom. The summed E-state index contributed by atoms with van der Waals surface area (Å²) >= 11 is 0. The van der Waals surface area contributed by atoms with Crippen molar-refractivity contribution in [3.05, 3.63) is 125 Å². The van der Waals surface area contributed by atoms with Crippen molar-refractivity contribution in [2.24, 2.45) is 5.16 Å². The Hall–Kier alpha value is -4.64. The number of ether oxygens (including phenoxy) is 1. The fourth-order valence-corrected chi connectivity index (χ4v) is 4.05. The molecule has 0 unspecified atom stereocenters. The fourth-order valence-electron chi connectivity index (χ4n) is 4.05. The van der Waals surface area contributed by atoms with Crippen molar-refractivity contribution in [3.8, 4) is 5.75 Å². The van der Waals surface area contributed by atoms with E-state index in [1.807, 2.05) is 84.9 Å². The first-order valence-corrected chi connectivity index (χ1v) is 11.3. The van der Waals surface area contributed by atoms with Crippen molar-refractivity contribution in [2.75, 3.05) is 12.0 Å². The molecular weight excluding hydrogens is 436 g/mol. The minimum absolute atomic E-state index is 0.439. The van der Waals surface area contributed by atoms with Gasteiger partial charge in [0.15, 0.2) is 0 Å². The number of benzene rings is 4. The Bertz CT molecular complexity index is 1410. The fraction of sp³-hybridized carbons (Fsp3) is 0.0667. The third-order valence-corrected chi connectivity index (χ3v) is 5.79. The van der Waals surface area contributed by atoms with Gasteiger partial charge in [0, 0.05) is 22.6 Å². The van der Waals surface area contributed by atoms with E-state index in [0.717, 1.165) is 33.9 Å². The highest BCUT2D eigenvalue weighted by molar-refractivity contribution is 6.31. The summed E-state index contributed by atoms with van der Waals surface area (Å²) in [5.74, 6) is 0.354. The Labute approximate surface area is 204 Å². The van der Waals surface area contributed by atoms with Crippen LogP contribution >= 0.6 is 0 Å². The quantitative estimate of drug-likeness (QED) is 0.234. The smallest absolute Gasteiger partial charge is 0.368 e. The van der Waals surface area contributed by atoms with Crippen molar-refractivity contribution < 1.29 is 14.4 Å². The molecule has 0 radical (unpaired) electrons. The zero-order valence-corrected chi connectivity index (χ0v) is 19.5. The van der Waals surface area contributed by atoms with Gasteiger partial charge in [-0.1, -0.05) is 59.8 Å². The number of rotatable bonds is 6. The van der Waals surface area contributed by atoms with Gasteiger partial charge >= 0.3 is 5.97 Å². The third-order valence-electron chi connectivity index (χ3n) is 5.79. The van der Waals surface area contributed by atoms with E-state index in [4.69, 9.17) is 9.57 Å². The Morgan fingerprint density at radius 1 is 0.800 bits per heavy atom. The van der Waals surface area contributed by atoms with Crippen LogP contribution < -0.4 is 9.64 Å². The number of hydrogen-bond donors (Lipinski definition) is 0. The van der Waals surface area contributed by atoms with E-state index in [1.54, 1.807) is 7.11 Å². The molecule has 0 amide bonds. The van der Waals surface area contributed by atoms with E-state index in [0.29, 0.717) is 11.3 Å². The van der Waals surface area contributed by atoms with Crippen molar-refractivity contribution in [2.45, 2.75) is 6.92 Å². The first-order chi connectivity index (χ1) is 17.1. The van der Waals surface area contributed by atoms with Gasteiger partial charge in [-0.3, -0.25) is 0 Å². The van der Waals surface area contributed by atoms with Crippen LogP contribution in [0.5, 0.6) is 5.75 Å². The second-order valence-corrected chi connectivity index (χ2v) is 8.21. The van der Waals surface area contributed by atoms with Crippen LogP contribution in [0, 0.1) is 6.92 Å². The predicted octanol–water partition coefficient (Wildman–Crippen LogP) is 6.82. The Kier molecular flexibility index (Phi) is 6.14. The van der Waals surface area contributed by atoms with E-state index in [-0.39, 0.29) is 0 Å². The summed E-state index contributed by atoms with van der Waals surface area (Å²) in [6.45, 7) is 2.08. The lowest BCUT2D eigenvalue weighted by Crippen LogP contribution is -2.10. The van der Waals surface area contributed by atoms with Gasteiger partial charge in [0.05, 0.1) is 12.7 Å². The van der Waals surface area contributed by atoms with E-state index in [1.165, 1.54) is 5.56 Å². The Balaban J connectivity index is 1.50. The summed E-state index contributed by atoms with van der Waals surface area (Å²) in [7, 11) is 1.66. The molecule has 4 aromatic rings. The molecule has 5 heteroatoms. The first kappa shape index (κ1) is 22.2. The normalized spacial score (nSPS) is 13.9. The maximum absolute atomic E-state index is 12.4. The molecule has 4 aromatic carbocycles. The number of methoxy groups -OCH3 is 1. The van der Waals surface area contributed by atoms with Gasteiger partial charge in [-0.25, -0.2) is 4.79 Å². The van der Waals surface area contributed by atoms with Crippen molar-refractivity contribution in [1.82, 2.24) is 0 Å². The molecule has 1 heterocycles. The van der Waals surface area contributed by atoms with E-state index in [2.05, 4.69) is 41.2 Å². The summed E-state index contributed by atoms with van der Waals surface area (Å²) in [5, 5.41) is 3.99. The Morgan fingerprint density at radius 3 is 2.14 bits per heavy atom. The average molecular weight is 461 g/mol. The summed E-state index contributed by atoms with van der Waals surface area (Å²) in [6, 6.07) is 34.0. The number of anilines is 3. The molecule has 0 saturated heterocycles. The standard InChI is InChI=1S/C30H24N2O3/c1-21-7-6-10-26(19-21)32(25-15-17-27(34-2)18-16-25)24-13-11-22(12-14-24)20-28-29(31-35-30(28)33)23-8-4-3-5-9-23/h3-20H,1-2H3/b28-20-. The molecular formula is C30H24N2O3. The first-order valence-electron chi connectivity index (χ1n) is 11.3. The van der Waals surface area contributed by atoms with Gasteiger partial charge in [-0.2, -0.15) is 0 Å². The van der Waals surface area contributed by atoms with Crippen molar-refractivity contribution in [1.29, 1.82) is 0 Å². The van der Waals surface area contributed by atoms with Crippen LogP contribution in [0.1, 0.15) is 16.7 Å². The summed E-state index contributed by atoms with van der Waals surface area (Å²) in [4.78, 5) is 19.5. The molecule has 1 aliphatic heterocycles. The highest BCUT2D eigenvalue weighted by Crippen LogP contribution is 2.36. The van der Waals surface area contributed by atoms with Gasteiger partial charge < -0.3 is 14.5 Å². The zero-order valence-electron chi connectivity index (χ0n) is 19.5. The molecule has 0 fully saturated rings. The molecule has 35 heavy (non-hydrogen) atoms. The molecule has 0 bridgehead atoms. The van der Waals surface area contributed by atoms with Gasteiger partial charge in [-0.15, -0.1) is 0 Å². The maximum Gasteiger partial charge on any atom is 0.368 e. The van der Waals surface area contributed by atoms with Crippen molar-refractivity contribution in [3.63, 3.8) is 0 Å². The molecule has 5 rings (SSSR count). The average Bonchev–Trinajstić information content (AvgIpc) is 3.26. The predicted molar refractivity (Wildman–Crippen MR) is 139 cm³/mol. The number of aryl methyl sites for hydroxylation is 1. The van der Waals surface area contributed by atoms with Crippen LogP contribution in [0.2, 0.25) is 0 Å². The lowest BCUT2D eigenvalue weighted by Gasteiger charge is -2.26. The largest absolute Gasteiger partial charge is 0.497 e. The van der Waals surface area contributed by atoms with Gasteiger partial charge in [0.25, 0.3) is 0 Å². The van der Waals surface area contributed by atoms with E-state index in [9.17, 15) is 4.79 Å². The number of carbonyl (C=O) groups excluding carboxylic acids is 1. The lowest BCUT2D eigenvalue weighted by molar-refractivity contribution is -0.136. The lowest BCUT2D eigenvalue weighted by atomic mass is 10.0. The van der Waals surface area contributed by atoms with Crippen LogP contribution in [-0.4, -0.2) is 18.8 Å². The summed E-state index contributed by atoms with van der Waals surface area (Å²) in [6.07, 6.45) is 1.81. The number of oxime groups is 1. The second-order valence-electron chi connectivity index (χ2n) is 8.21. The van der Waals surface area contributed by atoms with Crippen LogP contribution in [0.25, 0.3) is 6.08 Å². The van der Waals surface area contributed by atoms with E-state index >= 15 is 0 Å². The molecule has 5 nitrogen and oxygen atoms in total. The molecule has 0 N–H and O–H groups in total. The highest BCUT2D eigenvalue weighted by Gasteiger charge is 2.26. The third kappa shape index (κ3) is 4.70. The van der Waals surface area contributed by atoms with Crippen molar-refractivity contribution >= 4 is 34.8 Å². The molecule has 0 saturated carbocycles. The summed E-state index contributed by atoms with van der Waals surface area (Å²) in [5.41, 5.74) is 6.94. The molecule has 0 atom stereocenters. The minimum Gasteiger partial charge on any atom is -0.497 e. The number of carbonyl (C=O) groups is 1. The number of hydrogen-bond acceptors (Lipinski definition) is 5. The minimum atomic E-state index is -0.451. The van der Waals surface area contributed by atoms with Crippen LogP contribution in [0.3, 0.4) is 0 Å². The van der Waals surface area contributed by atoms with E-state index < -0.39 is 5.97 Å². The molecule has 1 aliphatic rings. The molecule has 0 aromatic heterocycles. The monoisotopic (exact) mass is 460 g/mol.